The van der Waals surface area contributed by atoms with E-state index < -0.39 is 0 Å². The predicted octanol–water partition coefficient (Wildman–Crippen LogP) is 4.86. The largest absolute Gasteiger partial charge is 0.484 e. The molecule has 154 valence electrons. The molecule has 1 atom stereocenters. The Labute approximate surface area is 176 Å². The summed E-state index contributed by atoms with van der Waals surface area (Å²) in [5.74, 6) is 0.0802. The van der Waals surface area contributed by atoms with Crippen LogP contribution >= 0.6 is 0 Å². The lowest BCUT2D eigenvalue weighted by atomic mass is 10.0. The number of nitrogens with zero attached hydrogens (tertiary/aromatic N) is 2. The van der Waals surface area contributed by atoms with E-state index in [1.165, 1.54) is 35.4 Å². The minimum atomic E-state index is -0.329. The number of aryl methyl sites for hydroxylation is 1. The quantitative estimate of drug-likeness (QED) is 0.589. The summed E-state index contributed by atoms with van der Waals surface area (Å²) in [4.78, 5) is 19.2. The zero-order valence-corrected chi connectivity index (χ0v) is 17.1. The lowest BCUT2D eigenvalue weighted by molar-refractivity contribution is -0.134. The summed E-state index contributed by atoms with van der Waals surface area (Å²) < 4.78 is 18.5. The number of aromatic nitrogens is 1. The van der Waals surface area contributed by atoms with E-state index in [1.807, 2.05) is 17.2 Å². The number of benzene rings is 2. The second-order valence-electron chi connectivity index (χ2n) is 7.74. The minimum Gasteiger partial charge on any atom is -0.484 e. The highest BCUT2D eigenvalue weighted by molar-refractivity contribution is 5.78. The SMILES string of the molecule is Cc1ccc(Cc2ccc([C@H]3CCCN3C(=O)COc3ccc(F)cc3)nc2)cc1. The zero-order chi connectivity index (χ0) is 20.9. The molecule has 5 heteroatoms. The van der Waals surface area contributed by atoms with E-state index in [0.717, 1.165) is 30.5 Å². The molecule has 0 unspecified atom stereocenters. The van der Waals surface area contributed by atoms with Crippen molar-refractivity contribution in [3.8, 4) is 5.75 Å². The maximum Gasteiger partial charge on any atom is 0.261 e. The summed E-state index contributed by atoms with van der Waals surface area (Å²) in [6, 6.07) is 18.3. The first-order valence-electron chi connectivity index (χ1n) is 10.3. The molecule has 30 heavy (non-hydrogen) atoms. The number of hydrogen-bond donors (Lipinski definition) is 0. The van der Waals surface area contributed by atoms with Crippen LogP contribution < -0.4 is 4.74 Å². The molecular formula is C25H25FN2O2. The van der Waals surface area contributed by atoms with Crippen LogP contribution in [0.15, 0.2) is 66.9 Å². The Kier molecular flexibility index (Phi) is 6.07. The highest BCUT2D eigenvalue weighted by Crippen LogP contribution is 2.31. The highest BCUT2D eigenvalue weighted by Gasteiger charge is 2.31. The Morgan fingerprint density at radius 3 is 2.50 bits per heavy atom. The maximum atomic E-state index is 13.0. The van der Waals surface area contributed by atoms with Gasteiger partial charge in [-0.2, -0.15) is 0 Å². The van der Waals surface area contributed by atoms with Gasteiger partial charge in [0.05, 0.1) is 11.7 Å². The average Bonchev–Trinajstić information content (AvgIpc) is 3.25. The third-order valence-electron chi connectivity index (χ3n) is 5.47. The second kappa shape index (κ2) is 9.08. The molecule has 3 aromatic rings. The van der Waals surface area contributed by atoms with Crippen LogP contribution in [0.2, 0.25) is 0 Å². The third-order valence-corrected chi connectivity index (χ3v) is 5.47. The summed E-state index contributed by atoms with van der Waals surface area (Å²) in [5.41, 5.74) is 4.57. The van der Waals surface area contributed by atoms with Gasteiger partial charge in [0, 0.05) is 12.7 Å². The first-order valence-corrected chi connectivity index (χ1v) is 10.3. The van der Waals surface area contributed by atoms with Crippen LogP contribution in [0, 0.1) is 12.7 Å². The fourth-order valence-electron chi connectivity index (χ4n) is 3.81. The molecule has 2 heterocycles. The standard InChI is InChI=1S/C25H25FN2O2/c1-18-4-6-19(7-5-18)15-20-8-13-23(27-16-20)24-3-2-14-28(24)25(29)17-30-22-11-9-21(26)10-12-22/h4-13,16,24H,2-3,14-15,17H2,1H3/t24-/m1/s1. The summed E-state index contributed by atoms with van der Waals surface area (Å²) in [6.45, 7) is 2.72. The van der Waals surface area contributed by atoms with Gasteiger partial charge in [-0.05, 0) is 67.6 Å². The summed E-state index contributed by atoms with van der Waals surface area (Å²) in [6.07, 6.45) is 4.59. The Hall–Kier alpha value is -3.21. The van der Waals surface area contributed by atoms with Crippen molar-refractivity contribution in [2.75, 3.05) is 13.2 Å². The first-order chi connectivity index (χ1) is 14.6. The highest BCUT2D eigenvalue weighted by atomic mass is 19.1. The molecule has 4 nitrogen and oxygen atoms in total. The number of likely N-dealkylation sites (tertiary alicyclic amines) is 1. The lowest BCUT2D eigenvalue weighted by Crippen LogP contribution is -2.34. The van der Waals surface area contributed by atoms with Crippen LogP contribution in [0.1, 0.15) is 41.3 Å². The Morgan fingerprint density at radius 2 is 1.80 bits per heavy atom. The van der Waals surface area contributed by atoms with Crippen molar-refractivity contribution in [2.45, 2.75) is 32.2 Å². The van der Waals surface area contributed by atoms with Crippen LogP contribution in [0.25, 0.3) is 0 Å². The van der Waals surface area contributed by atoms with Gasteiger partial charge in [0.25, 0.3) is 5.91 Å². The first kappa shape index (κ1) is 20.1. The fraction of sp³-hybridized carbons (Fsp3) is 0.280. The van der Waals surface area contributed by atoms with Gasteiger partial charge in [0.2, 0.25) is 0 Å². The van der Waals surface area contributed by atoms with E-state index >= 15 is 0 Å². The van der Waals surface area contributed by atoms with Crippen LogP contribution in [-0.2, 0) is 11.2 Å². The van der Waals surface area contributed by atoms with E-state index in [9.17, 15) is 9.18 Å². The van der Waals surface area contributed by atoms with E-state index in [1.54, 1.807) is 0 Å². The number of carbonyl (C=O) groups is 1. The van der Waals surface area contributed by atoms with Gasteiger partial charge < -0.3 is 9.64 Å². The van der Waals surface area contributed by atoms with Gasteiger partial charge in [-0.25, -0.2) is 4.39 Å². The van der Waals surface area contributed by atoms with Crippen molar-refractivity contribution >= 4 is 5.91 Å². The normalized spacial score (nSPS) is 15.9. The molecule has 4 rings (SSSR count). The third kappa shape index (κ3) is 4.85. The molecule has 0 radical (unpaired) electrons. The molecule has 1 amide bonds. The monoisotopic (exact) mass is 404 g/mol. The van der Waals surface area contributed by atoms with Crippen molar-refractivity contribution < 1.29 is 13.9 Å². The number of ether oxygens (including phenoxy) is 1. The summed E-state index contributed by atoms with van der Waals surface area (Å²) >= 11 is 0. The number of amides is 1. The molecule has 1 saturated heterocycles. The Bertz CT molecular complexity index is 985. The van der Waals surface area contributed by atoms with E-state index in [4.69, 9.17) is 4.74 Å². The van der Waals surface area contributed by atoms with Crippen molar-refractivity contribution in [1.82, 2.24) is 9.88 Å². The van der Waals surface area contributed by atoms with Crippen molar-refractivity contribution in [1.29, 1.82) is 0 Å². The molecule has 2 aromatic carbocycles. The second-order valence-corrected chi connectivity index (χ2v) is 7.74. The van der Waals surface area contributed by atoms with Gasteiger partial charge in [-0.3, -0.25) is 9.78 Å². The van der Waals surface area contributed by atoms with Crippen molar-refractivity contribution in [2.24, 2.45) is 0 Å². The number of pyridine rings is 1. The zero-order valence-electron chi connectivity index (χ0n) is 17.1. The minimum absolute atomic E-state index is 0.0252. The van der Waals surface area contributed by atoms with E-state index in [2.05, 4.69) is 42.2 Å². The topological polar surface area (TPSA) is 42.4 Å². The smallest absolute Gasteiger partial charge is 0.261 e. The molecule has 0 N–H and O–H groups in total. The van der Waals surface area contributed by atoms with Gasteiger partial charge in [0.15, 0.2) is 6.61 Å². The van der Waals surface area contributed by atoms with E-state index in [0.29, 0.717) is 12.3 Å². The molecule has 1 aliphatic heterocycles. The molecule has 1 fully saturated rings. The van der Waals surface area contributed by atoms with Gasteiger partial charge in [-0.1, -0.05) is 35.9 Å². The van der Waals surface area contributed by atoms with Crippen LogP contribution in [0.5, 0.6) is 5.75 Å². The van der Waals surface area contributed by atoms with E-state index in [-0.39, 0.29) is 24.4 Å². The molecule has 0 saturated carbocycles. The number of halogens is 1. The number of carbonyl (C=O) groups excluding carboxylic acids is 1. The molecular weight excluding hydrogens is 379 g/mol. The maximum absolute atomic E-state index is 13.0. The average molecular weight is 404 g/mol. The molecule has 0 bridgehead atoms. The molecule has 1 aromatic heterocycles. The summed E-state index contributed by atoms with van der Waals surface area (Å²) in [7, 11) is 0. The fourth-order valence-corrected chi connectivity index (χ4v) is 3.81. The van der Waals surface area contributed by atoms with Gasteiger partial charge >= 0.3 is 0 Å². The predicted molar refractivity (Wildman–Crippen MR) is 114 cm³/mol. The molecule has 0 spiro atoms. The van der Waals surface area contributed by atoms with Crippen molar-refractivity contribution in [3.05, 3.63) is 95.1 Å². The summed E-state index contributed by atoms with van der Waals surface area (Å²) in [5, 5.41) is 0. The lowest BCUT2D eigenvalue weighted by Gasteiger charge is -2.24. The Balaban J connectivity index is 1.38. The molecule has 0 aliphatic carbocycles. The van der Waals surface area contributed by atoms with Gasteiger partial charge in [0.1, 0.15) is 11.6 Å². The molecule has 1 aliphatic rings. The van der Waals surface area contributed by atoms with Crippen molar-refractivity contribution in [3.63, 3.8) is 0 Å². The van der Waals surface area contributed by atoms with Crippen LogP contribution in [0.4, 0.5) is 4.39 Å². The van der Waals surface area contributed by atoms with Crippen LogP contribution in [0.3, 0.4) is 0 Å². The number of hydrogen-bond acceptors (Lipinski definition) is 3. The Morgan fingerprint density at radius 1 is 1.07 bits per heavy atom. The number of rotatable bonds is 6. The van der Waals surface area contributed by atoms with Crippen LogP contribution in [-0.4, -0.2) is 28.9 Å². The van der Waals surface area contributed by atoms with Gasteiger partial charge in [-0.15, -0.1) is 0 Å².